The molecule has 0 atom stereocenters. The molecule has 3 amide bonds. The van der Waals surface area contributed by atoms with Crippen LogP contribution in [0.3, 0.4) is 0 Å². The summed E-state index contributed by atoms with van der Waals surface area (Å²) in [6, 6.07) is 13.8. The third-order valence-electron chi connectivity index (χ3n) is 6.53. The molecule has 3 aliphatic heterocycles. The number of thioether (sulfide) groups is 1. The normalized spacial score (nSPS) is 18.9. The number of benzene rings is 2. The van der Waals surface area contributed by atoms with Gasteiger partial charge in [-0.2, -0.15) is 0 Å². The van der Waals surface area contributed by atoms with Gasteiger partial charge in [0.1, 0.15) is 10.1 Å². The third kappa shape index (κ3) is 6.01. The summed E-state index contributed by atoms with van der Waals surface area (Å²) in [6.45, 7) is 6.29. The molecule has 5 rings (SSSR count). The number of thiocarbonyl (C=S) groups is 1. The predicted molar refractivity (Wildman–Crippen MR) is 150 cm³/mol. The van der Waals surface area contributed by atoms with Gasteiger partial charge in [0.05, 0.1) is 23.7 Å². The Hall–Kier alpha value is -3.41. The highest BCUT2D eigenvalue weighted by Gasteiger charge is 2.27. The average Bonchev–Trinajstić information content (AvgIpc) is 3.23. The van der Waals surface area contributed by atoms with Gasteiger partial charge < -0.3 is 24.6 Å². The Kier molecular flexibility index (Phi) is 7.96. The zero-order valence-corrected chi connectivity index (χ0v) is 22.6. The molecule has 0 aliphatic carbocycles. The minimum Gasteiger partial charge on any atom is -0.482 e. The molecule has 3 aliphatic rings. The first-order chi connectivity index (χ1) is 18.4. The second-order valence-electron chi connectivity index (χ2n) is 9.13. The van der Waals surface area contributed by atoms with Crippen LogP contribution in [-0.2, 0) is 27.4 Å². The quantitative estimate of drug-likeness (QED) is 0.431. The fourth-order valence-electron chi connectivity index (χ4n) is 4.55. The molecule has 38 heavy (non-hydrogen) atoms. The first-order valence-corrected chi connectivity index (χ1v) is 13.7. The van der Waals surface area contributed by atoms with E-state index in [4.69, 9.17) is 21.7 Å². The molecule has 0 bridgehead atoms. The lowest BCUT2D eigenvalue weighted by molar-refractivity contribution is -0.121. The van der Waals surface area contributed by atoms with Crippen LogP contribution < -0.4 is 15.0 Å². The van der Waals surface area contributed by atoms with Crippen molar-refractivity contribution in [2.75, 3.05) is 44.3 Å². The van der Waals surface area contributed by atoms with Crippen molar-refractivity contribution in [3.05, 3.63) is 64.1 Å². The van der Waals surface area contributed by atoms with Gasteiger partial charge in [-0.05, 0) is 41.8 Å². The molecule has 9 nitrogen and oxygen atoms in total. The number of hydrogen-bond donors (Lipinski definition) is 1. The van der Waals surface area contributed by atoms with Gasteiger partial charge in [0.25, 0.3) is 11.8 Å². The van der Waals surface area contributed by atoms with Gasteiger partial charge in [-0.15, -0.1) is 0 Å². The zero-order valence-electron chi connectivity index (χ0n) is 21.0. The Bertz CT molecular complexity index is 1290. The van der Waals surface area contributed by atoms with E-state index in [-0.39, 0.29) is 24.5 Å². The Morgan fingerprint density at radius 3 is 2.45 bits per heavy atom. The van der Waals surface area contributed by atoms with E-state index in [9.17, 15) is 14.4 Å². The molecule has 0 unspecified atom stereocenters. The van der Waals surface area contributed by atoms with E-state index < -0.39 is 0 Å². The van der Waals surface area contributed by atoms with E-state index in [2.05, 4.69) is 22.3 Å². The monoisotopic (exact) mass is 552 g/mol. The Morgan fingerprint density at radius 2 is 1.79 bits per heavy atom. The van der Waals surface area contributed by atoms with Crippen LogP contribution in [0.25, 0.3) is 6.08 Å². The number of piperazine rings is 1. The van der Waals surface area contributed by atoms with E-state index in [1.807, 2.05) is 37.3 Å². The van der Waals surface area contributed by atoms with Crippen LogP contribution in [0.5, 0.6) is 5.75 Å². The zero-order chi connectivity index (χ0) is 26.6. The maximum atomic E-state index is 12.8. The predicted octanol–water partition coefficient (Wildman–Crippen LogP) is 3.38. The van der Waals surface area contributed by atoms with Gasteiger partial charge in [-0.1, -0.05) is 54.3 Å². The first kappa shape index (κ1) is 26.2. The highest BCUT2D eigenvalue weighted by molar-refractivity contribution is 8.26. The highest BCUT2D eigenvalue weighted by atomic mass is 32.2. The number of carbonyl (C=O) groups is 3. The second kappa shape index (κ2) is 11.5. The van der Waals surface area contributed by atoms with Crippen molar-refractivity contribution in [1.82, 2.24) is 15.1 Å². The van der Waals surface area contributed by atoms with Gasteiger partial charge in [0.2, 0.25) is 0 Å². The number of amides is 3. The van der Waals surface area contributed by atoms with Crippen LogP contribution in [-0.4, -0.2) is 71.4 Å². The molecule has 2 aromatic carbocycles. The summed E-state index contributed by atoms with van der Waals surface area (Å²) >= 11 is 6.29. The molecule has 3 heterocycles. The van der Waals surface area contributed by atoms with Gasteiger partial charge in [-0.25, -0.2) is 4.79 Å². The van der Waals surface area contributed by atoms with Crippen molar-refractivity contribution in [2.45, 2.75) is 20.0 Å². The summed E-state index contributed by atoms with van der Waals surface area (Å²) in [6.07, 6.45) is 1.52. The van der Waals surface area contributed by atoms with E-state index in [1.165, 1.54) is 17.3 Å². The maximum absolute atomic E-state index is 12.8. The number of nitrogens with zero attached hydrogens (tertiary/aromatic N) is 3. The fourth-order valence-corrected chi connectivity index (χ4v) is 5.59. The topological polar surface area (TPSA) is 91.4 Å². The summed E-state index contributed by atoms with van der Waals surface area (Å²) in [4.78, 5) is 43.1. The summed E-state index contributed by atoms with van der Waals surface area (Å²) in [5.41, 5.74) is 3.63. The molecule has 2 aromatic rings. The van der Waals surface area contributed by atoms with Crippen molar-refractivity contribution >= 4 is 58.0 Å². The van der Waals surface area contributed by atoms with Crippen LogP contribution in [0.15, 0.2) is 47.4 Å². The smallest absolute Gasteiger partial charge is 0.409 e. The van der Waals surface area contributed by atoms with Crippen LogP contribution >= 0.6 is 24.0 Å². The van der Waals surface area contributed by atoms with Crippen molar-refractivity contribution in [3.63, 3.8) is 0 Å². The maximum Gasteiger partial charge on any atom is 0.409 e. The standard InChI is InChI=1S/C27H28N4O5S2/c1-2-35-27(34)30-11-9-29(10-12-30)15-18-3-5-19(6-4-18)16-31-21-13-20(7-8-22(21)36-17-24(31)32)14-23-25(33)28-26(37)38-23/h3-8,13-14H,2,9-12,15-17H2,1H3,(H,28,33,37). The van der Waals surface area contributed by atoms with Crippen LogP contribution in [0.4, 0.5) is 10.5 Å². The number of nitrogens with one attached hydrogen (secondary N) is 1. The van der Waals surface area contributed by atoms with Crippen molar-refractivity contribution in [2.24, 2.45) is 0 Å². The molecule has 2 saturated heterocycles. The third-order valence-corrected chi connectivity index (χ3v) is 7.70. The van der Waals surface area contributed by atoms with E-state index in [1.54, 1.807) is 15.9 Å². The minimum absolute atomic E-state index is 0.0180. The molecule has 1 N–H and O–H groups in total. The summed E-state index contributed by atoms with van der Waals surface area (Å²) < 4.78 is 11.2. The summed E-state index contributed by atoms with van der Waals surface area (Å²) in [5, 5.41) is 2.61. The molecular weight excluding hydrogens is 524 g/mol. The highest BCUT2D eigenvalue weighted by Crippen LogP contribution is 2.35. The van der Waals surface area contributed by atoms with Crippen molar-refractivity contribution in [1.29, 1.82) is 0 Å². The van der Waals surface area contributed by atoms with E-state index >= 15 is 0 Å². The van der Waals surface area contributed by atoms with Gasteiger partial charge in [0.15, 0.2) is 6.61 Å². The summed E-state index contributed by atoms with van der Waals surface area (Å²) in [7, 11) is 0. The molecular formula is C27H28N4O5S2. The molecule has 0 spiro atoms. The first-order valence-electron chi connectivity index (χ1n) is 12.4. The van der Waals surface area contributed by atoms with Gasteiger partial charge in [0, 0.05) is 32.7 Å². The average molecular weight is 553 g/mol. The van der Waals surface area contributed by atoms with Crippen molar-refractivity contribution < 1.29 is 23.9 Å². The van der Waals surface area contributed by atoms with Crippen LogP contribution in [0.2, 0.25) is 0 Å². The Morgan fingerprint density at radius 1 is 1.08 bits per heavy atom. The molecule has 0 radical (unpaired) electrons. The molecule has 11 heteroatoms. The Balaban J connectivity index is 1.24. The van der Waals surface area contributed by atoms with E-state index in [0.29, 0.717) is 46.9 Å². The SMILES string of the molecule is CCOC(=O)N1CCN(Cc2ccc(CN3C(=O)COc4ccc(C=C5SC(=S)NC5=O)cc43)cc2)CC1. The van der Waals surface area contributed by atoms with E-state index in [0.717, 1.165) is 30.8 Å². The number of rotatable bonds is 6. The lowest BCUT2D eigenvalue weighted by atomic mass is 10.1. The molecule has 198 valence electrons. The second-order valence-corrected chi connectivity index (χ2v) is 10.8. The van der Waals surface area contributed by atoms with Crippen LogP contribution in [0.1, 0.15) is 23.6 Å². The van der Waals surface area contributed by atoms with Gasteiger partial charge >= 0.3 is 6.09 Å². The fraction of sp³-hybridized carbons (Fsp3) is 0.333. The number of fused-ring (bicyclic) bond motifs is 1. The lowest BCUT2D eigenvalue weighted by Crippen LogP contribution is -2.48. The molecule has 0 saturated carbocycles. The minimum atomic E-state index is -0.244. The Labute approximate surface area is 230 Å². The number of hydrogen-bond acceptors (Lipinski definition) is 8. The van der Waals surface area contributed by atoms with Crippen molar-refractivity contribution in [3.8, 4) is 5.75 Å². The lowest BCUT2D eigenvalue weighted by Gasteiger charge is -2.34. The largest absolute Gasteiger partial charge is 0.482 e. The van der Waals surface area contributed by atoms with Crippen LogP contribution in [0, 0.1) is 0 Å². The number of anilines is 1. The number of ether oxygens (including phenoxy) is 2. The molecule has 0 aromatic heterocycles. The van der Waals surface area contributed by atoms with Gasteiger partial charge in [-0.3, -0.25) is 14.5 Å². The number of carbonyl (C=O) groups excluding carboxylic acids is 3. The summed E-state index contributed by atoms with van der Waals surface area (Å²) in [5.74, 6) is 0.285. The molecule has 2 fully saturated rings.